The number of thiophene rings is 1. The molecule has 1 N–H and O–H groups in total. The average Bonchev–Trinajstić information content (AvgIpc) is 2.81. The van der Waals surface area contributed by atoms with E-state index < -0.39 is 6.10 Å². The summed E-state index contributed by atoms with van der Waals surface area (Å²) in [6.45, 7) is 3.98. The molecule has 0 unspecified atom stereocenters. The maximum atomic E-state index is 10.2. The molecule has 1 atom stereocenters. The van der Waals surface area contributed by atoms with Crippen molar-refractivity contribution in [1.82, 2.24) is 0 Å². The summed E-state index contributed by atoms with van der Waals surface area (Å²) >= 11 is 1.55. The summed E-state index contributed by atoms with van der Waals surface area (Å²) in [4.78, 5) is 0.951. The van der Waals surface area contributed by atoms with Crippen LogP contribution in [0, 0.1) is 0 Å². The summed E-state index contributed by atoms with van der Waals surface area (Å²) in [6.07, 6.45) is -0.421. The van der Waals surface area contributed by atoms with Crippen molar-refractivity contribution in [3.05, 3.63) is 52.2 Å². The van der Waals surface area contributed by atoms with Crippen LogP contribution in [-0.4, -0.2) is 11.2 Å². The van der Waals surface area contributed by atoms with Crippen LogP contribution in [0.3, 0.4) is 0 Å². The molecule has 17 heavy (non-hydrogen) atoms. The van der Waals surface area contributed by atoms with E-state index in [-0.39, 0.29) is 6.10 Å². The van der Waals surface area contributed by atoms with Crippen molar-refractivity contribution >= 4 is 11.3 Å². The minimum absolute atomic E-state index is 0.143. The van der Waals surface area contributed by atoms with Gasteiger partial charge in [0.15, 0.2) is 0 Å². The standard InChI is InChI=1S/C14H16O2S/c1-10(2)16-12-6-3-5-11(9-12)14(15)13-7-4-8-17-13/h3-10,14-15H,1-2H3/t14-/m1/s1. The van der Waals surface area contributed by atoms with Crippen molar-refractivity contribution in [3.8, 4) is 5.75 Å². The Balaban J connectivity index is 2.21. The van der Waals surface area contributed by atoms with E-state index >= 15 is 0 Å². The van der Waals surface area contributed by atoms with Gasteiger partial charge in [0.1, 0.15) is 11.9 Å². The second-order valence-electron chi connectivity index (χ2n) is 4.16. The summed E-state index contributed by atoms with van der Waals surface area (Å²) in [5.74, 6) is 0.799. The highest BCUT2D eigenvalue weighted by molar-refractivity contribution is 7.10. The van der Waals surface area contributed by atoms with Crippen molar-refractivity contribution in [2.45, 2.75) is 26.1 Å². The molecule has 2 aromatic rings. The second-order valence-corrected chi connectivity index (χ2v) is 5.14. The fourth-order valence-corrected chi connectivity index (χ4v) is 2.38. The normalized spacial score (nSPS) is 12.7. The lowest BCUT2D eigenvalue weighted by Gasteiger charge is -2.13. The van der Waals surface area contributed by atoms with Gasteiger partial charge in [0.25, 0.3) is 0 Å². The first kappa shape index (κ1) is 12.1. The summed E-state index contributed by atoms with van der Waals surface area (Å²) < 4.78 is 5.61. The predicted octanol–water partition coefficient (Wildman–Crippen LogP) is 3.62. The second kappa shape index (κ2) is 5.34. The molecule has 0 bridgehead atoms. The van der Waals surface area contributed by atoms with Crippen LogP contribution in [0.5, 0.6) is 5.75 Å². The molecule has 2 nitrogen and oxygen atoms in total. The van der Waals surface area contributed by atoms with Gasteiger partial charge in [-0.3, -0.25) is 0 Å². The SMILES string of the molecule is CC(C)Oc1cccc([C@@H](O)c2cccs2)c1. The summed E-state index contributed by atoms with van der Waals surface area (Å²) in [6, 6.07) is 11.5. The van der Waals surface area contributed by atoms with Crippen LogP contribution >= 0.6 is 11.3 Å². The molecule has 0 spiro atoms. The van der Waals surface area contributed by atoms with E-state index in [0.29, 0.717) is 0 Å². The molecule has 1 aromatic heterocycles. The maximum absolute atomic E-state index is 10.2. The Morgan fingerprint density at radius 2 is 2.00 bits per heavy atom. The fraction of sp³-hybridized carbons (Fsp3) is 0.286. The summed E-state index contributed by atoms with van der Waals surface area (Å²) in [5.41, 5.74) is 0.866. The molecule has 1 aromatic carbocycles. The van der Waals surface area contributed by atoms with Crippen molar-refractivity contribution in [2.24, 2.45) is 0 Å². The zero-order chi connectivity index (χ0) is 12.3. The molecule has 90 valence electrons. The number of rotatable bonds is 4. The highest BCUT2D eigenvalue weighted by atomic mass is 32.1. The minimum atomic E-state index is -0.564. The molecule has 0 radical (unpaired) electrons. The van der Waals surface area contributed by atoms with Gasteiger partial charge in [-0.15, -0.1) is 11.3 Å². The summed E-state index contributed by atoms with van der Waals surface area (Å²) in [5, 5.41) is 12.2. The molecule has 0 aliphatic rings. The average molecular weight is 248 g/mol. The number of hydrogen-bond acceptors (Lipinski definition) is 3. The van der Waals surface area contributed by atoms with Crippen molar-refractivity contribution < 1.29 is 9.84 Å². The minimum Gasteiger partial charge on any atom is -0.491 e. The lowest BCUT2D eigenvalue weighted by molar-refractivity contribution is 0.220. The topological polar surface area (TPSA) is 29.5 Å². The number of hydrogen-bond donors (Lipinski definition) is 1. The van der Waals surface area contributed by atoms with Crippen molar-refractivity contribution in [3.63, 3.8) is 0 Å². The van der Waals surface area contributed by atoms with Gasteiger partial charge in [0, 0.05) is 4.88 Å². The van der Waals surface area contributed by atoms with Gasteiger partial charge in [-0.05, 0) is 43.0 Å². The van der Waals surface area contributed by atoms with E-state index in [0.717, 1.165) is 16.2 Å². The maximum Gasteiger partial charge on any atom is 0.120 e. The van der Waals surface area contributed by atoms with Gasteiger partial charge in [0.2, 0.25) is 0 Å². The molecule has 3 heteroatoms. The van der Waals surface area contributed by atoms with Gasteiger partial charge < -0.3 is 9.84 Å². The highest BCUT2D eigenvalue weighted by Gasteiger charge is 2.12. The van der Waals surface area contributed by atoms with Crippen LogP contribution in [0.25, 0.3) is 0 Å². The predicted molar refractivity (Wildman–Crippen MR) is 70.6 cm³/mol. The highest BCUT2D eigenvalue weighted by Crippen LogP contribution is 2.28. The van der Waals surface area contributed by atoms with Crippen LogP contribution in [0.4, 0.5) is 0 Å². The third-order valence-corrected chi connectivity index (χ3v) is 3.28. The lowest BCUT2D eigenvalue weighted by atomic mass is 10.1. The molecule has 0 fully saturated rings. The van der Waals surface area contributed by atoms with Crippen LogP contribution in [0.2, 0.25) is 0 Å². The number of benzene rings is 1. The van der Waals surface area contributed by atoms with E-state index in [9.17, 15) is 5.11 Å². The van der Waals surface area contributed by atoms with Crippen LogP contribution < -0.4 is 4.74 Å². The van der Waals surface area contributed by atoms with Crippen LogP contribution in [-0.2, 0) is 0 Å². The first-order chi connectivity index (χ1) is 8.16. The largest absolute Gasteiger partial charge is 0.491 e. The monoisotopic (exact) mass is 248 g/mol. The van der Waals surface area contributed by atoms with Crippen LogP contribution in [0.1, 0.15) is 30.4 Å². The van der Waals surface area contributed by atoms with Crippen molar-refractivity contribution in [1.29, 1.82) is 0 Å². The smallest absolute Gasteiger partial charge is 0.120 e. The van der Waals surface area contributed by atoms with E-state index in [1.165, 1.54) is 0 Å². The van der Waals surface area contributed by atoms with Gasteiger partial charge >= 0.3 is 0 Å². The zero-order valence-electron chi connectivity index (χ0n) is 9.96. The molecule has 0 amide bonds. The number of aliphatic hydroxyl groups is 1. The Labute approximate surface area is 105 Å². The molecule has 0 aliphatic heterocycles. The Kier molecular flexibility index (Phi) is 3.82. The number of ether oxygens (including phenoxy) is 1. The fourth-order valence-electron chi connectivity index (χ4n) is 1.64. The van der Waals surface area contributed by atoms with E-state index in [4.69, 9.17) is 4.74 Å². The van der Waals surface area contributed by atoms with Gasteiger partial charge in [-0.2, -0.15) is 0 Å². The molecule has 1 heterocycles. The van der Waals surface area contributed by atoms with Gasteiger partial charge in [0.05, 0.1) is 6.10 Å². The Bertz CT molecular complexity index is 463. The van der Waals surface area contributed by atoms with Gasteiger partial charge in [-0.25, -0.2) is 0 Å². The molecule has 0 saturated carbocycles. The third kappa shape index (κ3) is 3.08. The quantitative estimate of drug-likeness (QED) is 0.895. The van der Waals surface area contributed by atoms with E-state index in [2.05, 4.69) is 0 Å². The van der Waals surface area contributed by atoms with Crippen LogP contribution in [0.15, 0.2) is 41.8 Å². The molecular formula is C14H16O2S. The summed E-state index contributed by atoms with van der Waals surface area (Å²) in [7, 11) is 0. The Morgan fingerprint density at radius 3 is 2.65 bits per heavy atom. The van der Waals surface area contributed by atoms with Crippen molar-refractivity contribution in [2.75, 3.05) is 0 Å². The molecule has 2 rings (SSSR count). The molecule has 0 aliphatic carbocycles. The van der Waals surface area contributed by atoms with E-state index in [1.54, 1.807) is 11.3 Å². The first-order valence-electron chi connectivity index (χ1n) is 5.65. The first-order valence-corrected chi connectivity index (χ1v) is 6.53. The molecular weight excluding hydrogens is 232 g/mol. The molecule has 0 saturated heterocycles. The Hall–Kier alpha value is -1.32. The lowest BCUT2D eigenvalue weighted by Crippen LogP contribution is -2.06. The van der Waals surface area contributed by atoms with Gasteiger partial charge in [-0.1, -0.05) is 18.2 Å². The third-order valence-electron chi connectivity index (χ3n) is 2.36. The number of aliphatic hydroxyl groups excluding tert-OH is 1. The van der Waals surface area contributed by atoms with E-state index in [1.807, 2.05) is 55.6 Å². The Morgan fingerprint density at radius 1 is 1.18 bits per heavy atom. The zero-order valence-corrected chi connectivity index (χ0v) is 10.8.